The molecule has 0 amide bonds. The van der Waals surface area contributed by atoms with E-state index in [2.05, 4.69) is 32.5 Å². The molecule has 0 bridgehead atoms. The Bertz CT molecular complexity index is 473. The Kier molecular flexibility index (Phi) is 7.35. The van der Waals surface area contributed by atoms with Gasteiger partial charge in [-0.25, -0.2) is 4.98 Å². The first-order valence-corrected chi connectivity index (χ1v) is 7.98. The van der Waals surface area contributed by atoms with Gasteiger partial charge in [-0.1, -0.05) is 0 Å². The summed E-state index contributed by atoms with van der Waals surface area (Å²) in [6.45, 7) is 6.62. The van der Waals surface area contributed by atoms with E-state index in [0.717, 1.165) is 42.6 Å². The predicted molar refractivity (Wildman–Crippen MR) is 98.5 cm³/mol. The highest BCUT2D eigenvalue weighted by molar-refractivity contribution is 14.0. The molecule has 1 aromatic heterocycles. The highest BCUT2D eigenvalue weighted by Gasteiger charge is 2.41. The molecule has 2 N–H and O–H groups in total. The van der Waals surface area contributed by atoms with Crippen LogP contribution in [0.15, 0.2) is 10.4 Å². The molecule has 0 aliphatic heterocycles. The second-order valence-corrected chi connectivity index (χ2v) is 6.60. The van der Waals surface area contributed by atoms with Crippen LogP contribution in [-0.4, -0.2) is 47.7 Å². The van der Waals surface area contributed by atoms with Gasteiger partial charge in [0.1, 0.15) is 0 Å². The Morgan fingerprint density at radius 1 is 1.57 bits per heavy atom. The van der Waals surface area contributed by atoms with Crippen molar-refractivity contribution in [3.05, 3.63) is 16.1 Å². The van der Waals surface area contributed by atoms with E-state index >= 15 is 0 Å². The predicted octanol–water partition coefficient (Wildman–Crippen LogP) is 2.24. The van der Waals surface area contributed by atoms with Crippen molar-refractivity contribution < 1.29 is 5.11 Å². The zero-order chi connectivity index (χ0) is 14.6. The van der Waals surface area contributed by atoms with Crippen molar-refractivity contribution in [2.75, 3.05) is 26.7 Å². The maximum atomic E-state index is 9.36. The van der Waals surface area contributed by atoms with Crippen molar-refractivity contribution in [1.82, 2.24) is 15.2 Å². The number of aliphatic imine (C=N–C) groups is 1. The van der Waals surface area contributed by atoms with Crippen LogP contribution in [0.3, 0.4) is 0 Å². The van der Waals surface area contributed by atoms with E-state index in [4.69, 9.17) is 0 Å². The molecule has 5 nitrogen and oxygen atoms in total. The number of halogens is 1. The summed E-state index contributed by atoms with van der Waals surface area (Å²) in [6.07, 6.45) is 2.17. The van der Waals surface area contributed by atoms with Crippen LogP contribution in [0.25, 0.3) is 0 Å². The Labute approximate surface area is 147 Å². The van der Waals surface area contributed by atoms with Gasteiger partial charge in [-0.05, 0) is 26.7 Å². The van der Waals surface area contributed by atoms with Crippen LogP contribution < -0.4 is 5.32 Å². The molecule has 1 aliphatic rings. The zero-order valence-electron chi connectivity index (χ0n) is 12.9. The van der Waals surface area contributed by atoms with Gasteiger partial charge in [-0.15, -0.1) is 35.3 Å². The maximum absolute atomic E-state index is 9.36. The van der Waals surface area contributed by atoms with E-state index < -0.39 is 0 Å². The number of guanidine groups is 1. The van der Waals surface area contributed by atoms with Crippen LogP contribution in [-0.2, 0) is 6.54 Å². The van der Waals surface area contributed by atoms with Crippen LogP contribution in [0.1, 0.15) is 30.5 Å². The summed E-state index contributed by atoms with van der Waals surface area (Å²) in [5.74, 6) is 0.887. The molecule has 21 heavy (non-hydrogen) atoms. The number of rotatable bonds is 6. The molecule has 0 atom stereocenters. The lowest BCUT2D eigenvalue weighted by Crippen LogP contribution is -2.39. The van der Waals surface area contributed by atoms with Crippen molar-refractivity contribution >= 4 is 41.3 Å². The monoisotopic (exact) mass is 424 g/mol. The number of thiazole rings is 1. The molecule has 7 heteroatoms. The van der Waals surface area contributed by atoms with E-state index in [9.17, 15) is 5.11 Å². The lowest BCUT2D eigenvalue weighted by molar-refractivity contribution is 0.216. The smallest absolute Gasteiger partial charge is 0.194 e. The Morgan fingerprint density at radius 3 is 2.76 bits per heavy atom. The van der Waals surface area contributed by atoms with Gasteiger partial charge in [0.2, 0.25) is 0 Å². The molecule has 0 unspecified atom stereocenters. The minimum Gasteiger partial charge on any atom is -0.396 e. The second-order valence-electron chi connectivity index (χ2n) is 5.54. The molecular weight excluding hydrogens is 399 g/mol. The van der Waals surface area contributed by atoms with Gasteiger partial charge in [0.05, 0.1) is 30.4 Å². The summed E-state index contributed by atoms with van der Waals surface area (Å²) in [7, 11) is 2.02. The standard InChI is InChI=1S/C14H24N4OS.HI/c1-4-15-13(16-9-14(10-19)5-6-14)18(3)7-12-8-20-11(2)17-12;/h8,19H,4-7,9-10H2,1-3H3,(H,15,16);1H. The van der Waals surface area contributed by atoms with E-state index in [0.29, 0.717) is 6.54 Å². The van der Waals surface area contributed by atoms with Gasteiger partial charge in [-0.2, -0.15) is 0 Å². The number of aliphatic hydroxyl groups is 1. The average molecular weight is 424 g/mol. The molecule has 0 spiro atoms. The Balaban J connectivity index is 0.00000220. The third-order valence-electron chi connectivity index (χ3n) is 3.62. The minimum absolute atomic E-state index is 0. The minimum atomic E-state index is 0. The summed E-state index contributed by atoms with van der Waals surface area (Å²) in [6, 6.07) is 0. The third-order valence-corrected chi connectivity index (χ3v) is 4.44. The Hall–Kier alpha value is -0.410. The summed E-state index contributed by atoms with van der Waals surface area (Å²) in [5.41, 5.74) is 1.13. The largest absolute Gasteiger partial charge is 0.396 e. The van der Waals surface area contributed by atoms with Gasteiger partial charge in [0, 0.05) is 24.4 Å². The van der Waals surface area contributed by atoms with E-state index in [1.54, 1.807) is 11.3 Å². The first-order valence-electron chi connectivity index (χ1n) is 7.10. The molecule has 0 aromatic carbocycles. The fourth-order valence-corrected chi connectivity index (χ4v) is 2.66. The fourth-order valence-electron chi connectivity index (χ4n) is 2.05. The van der Waals surface area contributed by atoms with Crippen LogP contribution in [0.5, 0.6) is 0 Å². The quantitative estimate of drug-likeness (QED) is 0.418. The van der Waals surface area contributed by atoms with E-state index in [1.807, 2.05) is 14.0 Å². The number of hydrogen-bond donors (Lipinski definition) is 2. The average Bonchev–Trinajstić information content (AvgIpc) is 3.11. The molecule has 1 aromatic rings. The first kappa shape index (κ1) is 18.6. The van der Waals surface area contributed by atoms with Crippen molar-refractivity contribution in [2.45, 2.75) is 33.2 Å². The lowest BCUT2D eigenvalue weighted by Gasteiger charge is -2.22. The van der Waals surface area contributed by atoms with Crippen molar-refractivity contribution in [3.8, 4) is 0 Å². The maximum Gasteiger partial charge on any atom is 0.194 e. The SMILES string of the molecule is CCNC(=NCC1(CO)CC1)N(C)Cc1csc(C)n1.I. The molecule has 0 saturated heterocycles. The fraction of sp³-hybridized carbons (Fsp3) is 0.714. The van der Waals surface area contributed by atoms with Crippen molar-refractivity contribution in [1.29, 1.82) is 0 Å². The number of hydrogen-bond acceptors (Lipinski definition) is 4. The summed E-state index contributed by atoms with van der Waals surface area (Å²) >= 11 is 1.67. The van der Waals surface area contributed by atoms with Gasteiger partial charge in [0.15, 0.2) is 5.96 Å². The molecule has 1 aliphatic carbocycles. The van der Waals surface area contributed by atoms with Crippen molar-refractivity contribution in [3.63, 3.8) is 0 Å². The molecular formula is C14H25IN4OS. The second kappa shape index (κ2) is 8.28. The van der Waals surface area contributed by atoms with Crippen LogP contribution in [0.4, 0.5) is 0 Å². The van der Waals surface area contributed by atoms with Gasteiger partial charge < -0.3 is 15.3 Å². The number of aliphatic hydroxyl groups excluding tert-OH is 1. The topological polar surface area (TPSA) is 60.8 Å². The van der Waals surface area contributed by atoms with Crippen LogP contribution >= 0.6 is 35.3 Å². The molecule has 1 fully saturated rings. The normalized spacial score (nSPS) is 16.3. The number of nitrogens with one attached hydrogen (secondary N) is 1. The number of aromatic nitrogens is 1. The first-order chi connectivity index (χ1) is 9.58. The van der Waals surface area contributed by atoms with Gasteiger partial charge >= 0.3 is 0 Å². The summed E-state index contributed by atoms with van der Waals surface area (Å²) < 4.78 is 0. The van der Waals surface area contributed by atoms with Gasteiger partial charge in [0.25, 0.3) is 0 Å². The molecule has 2 rings (SSSR count). The summed E-state index contributed by atoms with van der Waals surface area (Å²) in [5, 5.41) is 15.8. The summed E-state index contributed by atoms with van der Waals surface area (Å²) in [4.78, 5) is 11.2. The van der Waals surface area contributed by atoms with Crippen LogP contribution in [0.2, 0.25) is 0 Å². The highest BCUT2D eigenvalue weighted by atomic mass is 127. The number of nitrogens with zero attached hydrogens (tertiary/aromatic N) is 3. The molecule has 1 heterocycles. The molecule has 120 valence electrons. The third kappa shape index (κ3) is 5.37. The van der Waals surface area contributed by atoms with Crippen LogP contribution in [0, 0.1) is 12.3 Å². The van der Waals surface area contributed by atoms with E-state index in [1.165, 1.54) is 0 Å². The lowest BCUT2D eigenvalue weighted by atomic mass is 10.1. The van der Waals surface area contributed by atoms with E-state index in [-0.39, 0.29) is 36.0 Å². The van der Waals surface area contributed by atoms with Crippen molar-refractivity contribution in [2.24, 2.45) is 10.4 Å². The highest BCUT2D eigenvalue weighted by Crippen LogP contribution is 2.45. The Morgan fingerprint density at radius 2 is 2.29 bits per heavy atom. The van der Waals surface area contributed by atoms with Gasteiger partial charge in [-0.3, -0.25) is 4.99 Å². The molecule has 1 saturated carbocycles. The zero-order valence-corrected chi connectivity index (χ0v) is 16.1. The molecule has 0 radical (unpaired) electrons. The number of aryl methyl sites for hydroxylation is 1.